The molecule has 4 aromatic carbocycles. The van der Waals surface area contributed by atoms with Crippen molar-refractivity contribution in [3.63, 3.8) is 0 Å². The van der Waals surface area contributed by atoms with Crippen LogP contribution in [0.4, 0.5) is 0 Å². The van der Waals surface area contributed by atoms with Crippen LogP contribution in [-0.2, 0) is 18.3 Å². The van der Waals surface area contributed by atoms with Crippen LogP contribution in [0.15, 0.2) is 72.8 Å². The zero-order valence-corrected chi connectivity index (χ0v) is 18.6. The number of phenolic OH excluding ortho intramolecular Hbond substituents is 4. The summed E-state index contributed by atoms with van der Waals surface area (Å²) in [5, 5.41) is 43.8. The van der Waals surface area contributed by atoms with E-state index in [1.165, 1.54) is 0 Å². The molecule has 0 saturated carbocycles. The molecule has 0 atom stereocenters. The highest BCUT2D eigenvalue weighted by molar-refractivity contribution is 5.88. The second-order valence-electron chi connectivity index (χ2n) is 8.47. The minimum Gasteiger partial charge on any atom is -0.508 e. The quantitative estimate of drug-likeness (QED) is 0.278. The second kappa shape index (κ2) is 7.59. The molecule has 1 aliphatic carbocycles. The van der Waals surface area contributed by atoms with Crippen LogP contribution in [0.1, 0.15) is 47.2 Å². The van der Waals surface area contributed by atoms with Gasteiger partial charge in [0.1, 0.15) is 23.0 Å². The average Bonchev–Trinajstić information content (AvgIpc) is 3.11. The van der Waals surface area contributed by atoms with Crippen LogP contribution < -0.4 is 0 Å². The molecule has 5 rings (SSSR count). The fourth-order valence-corrected chi connectivity index (χ4v) is 5.51. The van der Waals surface area contributed by atoms with Gasteiger partial charge in [-0.15, -0.1) is 0 Å². The van der Waals surface area contributed by atoms with Gasteiger partial charge in [0, 0.05) is 22.3 Å². The maximum atomic E-state index is 11.5. The van der Waals surface area contributed by atoms with E-state index in [1.807, 2.05) is 62.4 Å². The smallest absolute Gasteiger partial charge is 0.127 e. The van der Waals surface area contributed by atoms with Crippen molar-refractivity contribution in [2.24, 2.45) is 0 Å². The van der Waals surface area contributed by atoms with Gasteiger partial charge < -0.3 is 20.4 Å². The van der Waals surface area contributed by atoms with E-state index in [4.69, 9.17) is 0 Å². The molecule has 0 radical (unpaired) electrons. The molecular formula is C29H26O4. The first-order valence-electron chi connectivity index (χ1n) is 11.2. The number of rotatable bonds is 4. The van der Waals surface area contributed by atoms with Gasteiger partial charge in [-0.25, -0.2) is 0 Å². The summed E-state index contributed by atoms with van der Waals surface area (Å²) < 4.78 is 0. The van der Waals surface area contributed by atoms with Crippen LogP contribution in [0.5, 0.6) is 23.0 Å². The van der Waals surface area contributed by atoms with Crippen LogP contribution in [-0.4, -0.2) is 20.4 Å². The third kappa shape index (κ3) is 2.70. The highest BCUT2D eigenvalue weighted by Crippen LogP contribution is 2.60. The van der Waals surface area contributed by atoms with Gasteiger partial charge in [-0.2, -0.15) is 0 Å². The number of benzene rings is 4. The summed E-state index contributed by atoms with van der Waals surface area (Å²) in [5.41, 5.74) is 4.94. The molecular weight excluding hydrogens is 412 g/mol. The van der Waals surface area contributed by atoms with Crippen LogP contribution in [0.3, 0.4) is 0 Å². The van der Waals surface area contributed by atoms with Crippen molar-refractivity contribution < 1.29 is 20.4 Å². The molecule has 0 aliphatic heterocycles. The lowest BCUT2D eigenvalue weighted by atomic mass is 9.66. The minimum atomic E-state index is -1.03. The maximum Gasteiger partial charge on any atom is 0.127 e. The SMILES string of the molecule is CCc1c(O)ccc(C2(c3ccc(O)c(CC)c3O)c3ccccc3-c3ccccc32)c1O. The van der Waals surface area contributed by atoms with Gasteiger partial charge in [0.25, 0.3) is 0 Å². The van der Waals surface area contributed by atoms with Gasteiger partial charge in [0.05, 0.1) is 5.41 Å². The Hall–Kier alpha value is -3.92. The van der Waals surface area contributed by atoms with Crippen molar-refractivity contribution in [2.75, 3.05) is 0 Å². The summed E-state index contributed by atoms with van der Waals surface area (Å²) in [6, 6.07) is 22.7. The van der Waals surface area contributed by atoms with Crippen LogP contribution in [0, 0.1) is 0 Å². The lowest BCUT2D eigenvalue weighted by Crippen LogP contribution is -2.29. The largest absolute Gasteiger partial charge is 0.508 e. The number of phenols is 4. The fraction of sp³-hybridized carbons (Fsp3) is 0.172. The predicted octanol–water partition coefficient (Wildman–Crippen LogP) is 6.00. The lowest BCUT2D eigenvalue weighted by Gasteiger charge is -2.35. The third-order valence-electron chi connectivity index (χ3n) is 6.98. The molecule has 4 aromatic rings. The number of aromatic hydroxyl groups is 4. The molecule has 0 heterocycles. The fourth-order valence-electron chi connectivity index (χ4n) is 5.51. The molecule has 166 valence electrons. The Kier molecular flexibility index (Phi) is 4.82. The molecule has 1 aliphatic rings. The maximum absolute atomic E-state index is 11.5. The Labute approximate surface area is 193 Å². The van der Waals surface area contributed by atoms with Crippen molar-refractivity contribution in [3.05, 3.63) is 106 Å². The standard InChI is InChI=1S/C29H26O4/c1-3-17-25(30)15-13-23(27(17)32)29(24-14-16-26(31)18(4-2)28(24)33)21-11-7-5-9-19(21)20-10-6-8-12-22(20)29/h5-16,30-33H,3-4H2,1-2H3. The molecule has 0 fully saturated rings. The van der Waals surface area contributed by atoms with Gasteiger partial charge in [-0.1, -0.05) is 74.5 Å². The average molecular weight is 439 g/mol. The molecule has 0 aromatic heterocycles. The zero-order valence-electron chi connectivity index (χ0n) is 18.6. The molecule has 4 N–H and O–H groups in total. The van der Waals surface area contributed by atoms with Crippen molar-refractivity contribution >= 4 is 0 Å². The van der Waals surface area contributed by atoms with E-state index in [1.54, 1.807) is 24.3 Å². The summed E-state index contributed by atoms with van der Waals surface area (Å²) >= 11 is 0. The minimum absolute atomic E-state index is 0.00882. The normalized spacial score (nSPS) is 13.5. The van der Waals surface area contributed by atoms with E-state index in [9.17, 15) is 20.4 Å². The van der Waals surface area contributed by atoms with Crippen molar-refractivity contribution in [1.29, 1.82) is 0 Å². The van der Waals surface area contributed by atoms with E-state index in [-0.39, 0.29) is 23.0 Å². The first kappa shape index (κ1) is 21.0. The summed E-state index contributed by atoms with van der Waals surface area (Å²) in [7, 11) is 0. The number of hydrogen-bond donors (Lipinski definition) is 4. The van der Waals surface area contributed by atoms with Crippen LogP contribution in [0.25, 0.3) is 11.1 Å². The summed E-state index contributed by atoms with van der Waals surface area (Å²) in [4.78, 5) is 0. The van der Waals surface area contributed by atoms with Crippen LogP contribution >= 0.6 is 0 Å². The highest BCUT2D eigenvalue weighted by atomic mass is 16.3. The third-order valence-corrected chi connectivity index (χ3v) is 6.98. The summed E-state index contributed by atoms with van der Waals surface area (Å²) in [5.74, 6) is 0.0966. The Morgan fingerprint density at radius 3 is 1.30 bits per heavy atom. The van der Waals surface area contributed by atoms with Gasteiger partial charge in [0.15, 0.2) is 0 Å². The van der Waals surface area contributed by atoms with Gasteiger partial charge >= 0.3 is 0 Å². The van der Waals surface area contributed by atoms with Crippen molar-refractivity contribution in [1.82, 2.24) is 0 Å². The Morgan fingerprint density at radius 1 is 0.515 bits per heavy atom. The van der Waals surface area contributed by atoms with Crippen LogP contribution in [0.2, 0.25) is 0 Å². The zero-order chi connectivity index (χ0) is 23.3. The monoisotopic (exact) mass is 438 g/mol. The van der Waals surface area contributed by atoms with E-state index in [0.717, 1.165) is 22.3 Å². The summed E-state index contributed by atoms with van der Waals surface area (Å²) in [6.45, 7) is 3.77. The Balaban J connectivity index is 2.02. The molecule has 4 heteroatoms. The molecule has 0 unspecified atom stereocenters. The molecule has 0 amide bonds. The van der Waals surface area contributed by atoms with E-state index in [0.29, 0.717) is 35.1 Å². The molecule has 0 saturated heterocycles. The molecule has 0 spiro atoms. The second-order valence-corrected chi connectivity index (χ2v) is 8.47. The summed E-state index contributed by atoms with van der Waals surface area (Å²) in [6.07, 6.45) is 0.902. The topological polar surface area (TPSA) is 80.9 Å². The first-order valence-corrected chi connectivity index (χ1v) is 11.2. The van der Waals surface area contributed by atoms with Crippen molar-refractivity contribution in [3.8, 4) is 34.1 Å². The van der Waals surface area contributed by atoms with Gasteiger partial charge in [0.2, 0.25) is 0 Å². The van der Waals surface area contributed by atoms with E-state index < -0.39 is 5.41 Å². The lowest BCUT2D eigenvalue weighted by molar-refractivity contribution is 0.422. The van der Waals surface area contributed by atoms with E-state index >= 15 is 0 Å². The molecule has 33 heavy (non-hydrogen) atoms. The highest BCUT2D eigenvalue weighted by Gasteiger charge is 2.49. The number of hydrogen-bond acceptors (Lipinski definition) is 4. The number of fused-ring (bicyclic) bond motifs is 3. The predicted molar refractivity (Wildman–Crippen MR) is 129 cm³/mol. The molecule has 4 nitrogen and oxygen atoms in total. The van der Waals surface area contributed by atoms with Gasteiger partial charge in [-0.05, 0) is 47.2 Å². The Bertz CT molecular complexity index is 1280. The first-order chi connectivity index (χ1) is 16.0. The van der Waals surface area contributed by atoms with E-state index in [2.05, 4.69) is 0 Å². The Morgan fingerprint density at radius 2 is 0.909 bits per heavy atom. The van der Waals surface area contributed by atoms with Crippen molar-refractivity contribution in [2.45, 2.75) is 32.1 Å². The molecule has 0 bridgehead atoms. The van der Waals surface area contributed by atoms with Gasteiger partial charge in [-0.3, -0.25) is 0 Å².